The number of benzene rings is 2. The van der Waals surface area contributed by atoms with Crippen molar-refractivity contribution in [1.29, 1.82) is 0 Å². The van der Waals surface area contributed by atoms with Gasteiger partial charge >= 0.3 is 6.18 Å². The molecule has 2 aromatic carbocycles. The highest BCUT2D eigenvalue weighted by molar-refractivity contribution is 8.00. The number of nitrogens with one attached hydrogen (secondary N) is 1. The van der Waals surface area contributed by atoms with Crippen LogP contribution in [0.25, 0.3) is 0 Å². The summed E-state index contributed by atoms with van der Waals surface area (Å²) >= 11 is 7.18. The molecule has 0 aliphatic heterocycles. The number of carbonyl (C=O) groups excluding carboxylic acids is 1. The minimum absolute atomic E-state index is 0.0491. The van der Waals surface area contributed by atoms with Gasteiger partial charge in [-0.05, 0) is 37.3 Å². The van der Waals surface area contributed by atoms with Crippen LogP contribution < -0.4 is 5.32 Å². The zero-order chi connectivity index (χ0) is 17.0. The Labute approximate surface area is 141 Å². The van der Waals surface area contributed by atoms with Crippen molar-refractivity contribution in [1.82, 2.24) is 0 Å². The zero-order valence-electron chi connectivity index (χ0n) is 12.0. The second-order valence-electron chi connectivity index (χ2n) is 4.75. The van der Waals surface area contributed by atoms with Crippen LogP contribution in [0.5, 0.6) is 0 Å². The largest absolute Gasteiger partial charge is 0.416 e. The number of hydrogen-bond acceptors (Lipinski definition) is 2. The van der Waals surface area contributed by atoms with Crippen LogP contribution in [0.2, 0.25) is 5.02 Å². The molecule has 122 valence electrons. The summed E-state index contributed by atoms with van der Waals surface area (Å²) in [6.07, 6.45) is -4.49. The molecule has 23 heavy (non-hydrogen) atoms. The van der Waals surface area contributed by atoms with Crippen LogP contribution in [-0.2, 0) is 11.0 Å². The summed E-state index contributed by atoms with van der Waals surface area (Å²) in [6, 6.07) is 12.1. The fraction of sp³-hybridized carbons (Fsp3) is 0.188. The van der Waals surface area contributed by atoms with Gasteiger partial charge in [-0.25, -0.2) is 0 Å². The van der Waals surface area contributed by atoms with E-state index in [0.717, 1.165) is 23.1 Å². The highest BCUT2D eigenvalue weighted by atomic mass is 35.5. The van der Waals surface area contributed by atoms with Crippen LogP contribution in [0, 0.1) is 0 Å². The molecule has 0 aliphatic rings. The Balaban J connectivity index is 2.10. The fourth-order valence-corrected chi connectivity index (χ4v) is 2.84. The lowest BCUT2D eigenvalue weighted by molar-refractivity contribution is -0.137. The molecule has 2 aromatic rings. The maximum atomic E-state index is 12.7. The molecule has 0 heterocycles. The maximum absolute atomic E-state index is 12.7. The minimum atomic E-state index is -4.49. The quantitative estimate of drug-likeness (QED) is 0.732. The number of rotatable bonds is 4. The van der Waals surface area contributed by atoms with Crippen LogP contribution in [-0.4, -0.2) is 11.2 Å². The predicted molar refractivity (Wildman–Crippen MR) is 86.8 cm³/mol. The highest BCUT2D eigenvalue weighted by Gasteiger charge is 2.31. The van der Waals surface area contributed by atoms with E-state index in [-0.39, 0.29) is 10.7 Å². The highest BCUT2D eigenvalue weighted by Crippen LogP contribution is 2.34. The Hall–Kier alpha value is -1.66. The van der Waals surface area contributed by atoms with E-state index < -0.39 is 22.9 Å². The van der Waals surface area contributed by atoms with Gasteiger partial charge in [0.05, 0.1) is 21.5 Å². The molecule has 7 heteroatoms. The van der Waals surface area contributed by atoms with E-state index in [2.05, 4.69) is 5.32 Å². The monoisotopic (exact) mass is 359 g/mol. The summed E-state index contributed by atoms with van der Waals surface area (Å²) in [4.78, 5) is 13.1. The van der Waals surface area contributed by atoms with Gasteiger partial charge < -0.3 is 5.32 Å². The van der Waals surface area contributed by atoms with Crippen molar-refractivity contribution in [3.8, 4) is 0 Å². The van der Waals surface area contributed by atoms with Gasteiger partial charge in [0.15, 0.2) is 0 Å². The van der Waals surface area contributed by atoms with Crippen molar-refractivity contribution in [3.63, 3.8) is 0 Å². The van der Waals surface area contributed by atoms with Gasteiger partial charge in [-0.3, -0.25) is 4.79 Å². The van der Waals surface area contributed by atoms with Crippen LogP contribution in [0.15, 0.2) is 53.4 Å². The molecule has 0 radical (unpaired) electrons. The van der Waals surface area contributed by atoms with E-state index in [0.29, 0.717) is 0 Å². The summed E-state index contributed by atoms with van der Waals surface area (Å²) in [7, 11) is 0. The number of carbonyl (C=O) groups is 1. The van der Waals surface area contributed by atoms with Gasteiger partial charge in [-0.1, -0.05) is 29.8 Å². The van der Waals surface area contributed by atoms with Crippen molar-refractivity contribution < 1.29 is 18.0 Å². The molecule has 1 N–H and O–H groups in total. The SMILES string of the molecule is C[C@@H](Sc1ccccc1)C(=O)Nc1cc(C(F)(F)F)ccc1Cl. The number of hydrogen-bond donors (Lipinski definition) is 1. The van der Waals surface area contributed by atoms with Crippen molar-refractivity contribution >= 4 is 35.0 Å². The summed E-state index contributed by atoms with van der Waals surface area (Å²) < 4.78 is 38.2. The van der Waals surface area contributed by atoms with E-state index in [1.807, 2.05) is 30.3 Å². The third kappa shape index (κ3) is 4.91. The maximum Gasteiger partial charge on any atom is 0.416 e. The standard InChI is InChI=1S/C16H13ClF3NOS/c1-10(23-12-5-3-2-4-6-12)15(22)21-14-9-11(16(18,19)20)7-8-13(14)17/h2-10H,1H3,(H,21,22)/t10-/m1/s1. The van der Waals surface area contributed by atoms with Crippen molar-refractivity contribution in [2.75, 3.05) is 5.32 Å². The average molecular weight is 360 g/mol. The summed E-state index contributed by atoms with van der Waals surface area (Å²) in [6.45, 7) is 1.68. The summed E-state index contributed by atoms with van der Waals surface area (Å²) in [5.41, 5.74) is -0.910. The topological polar surface area (TPSA) is 29.1 Å². The first-order valence-electron chi connectivity index (χ1n) is 6.66. The number of anilines is 1. The molecular weight excluding hydrogens is 347 g/mol. The lowest BCUT2D eigenvalue weighted by Crippen LogP contribution is -2.22. The number of alkyl halides is 3. The van der Waals surface area contributed by atoms with Crippen molar-refractivity contribution in [3.05, 3.63) is 59.1 Å². The Morgan fingerprint density at radius 3 is 2.43 bits per heavy atom. The van der Waals surface area contributed by atoms with Crippen molar-refractivity contribution in [2.24, 2.45) is 0 Å². The van der Waals surface area contributed by atoms with Crippen LogP contribution in [0.4, 0.5) is 18.9 Å². The molecule has 0 fully saturated rings. The molecule has 0 saturated heterocycles. The van der Waals surface area contributed by atoms with E-state index in [1.165, 1.54) is 11.8 Å². The Bertz CT molecular complexity index is 691. The number of thioether (sulfide) groups is 1. The van der Waals surface area contributed by atoms with Crippen LogP contribution in [0.3, 0.4) is 0 Å². The summed E-state index contributed by atoms with van der Waals surface area (Å²) in [5.74, 6) is -0.417. The number of amides is 1. The predicted octanol–water partition coefficient (Wildman–Crippen LogP) is 5.48. The second kappa shape index (κ2) is 7.27. The van der Waals surface area contributed by atoms with Gasteiger partial charge in [-0.2, -0.15) is 13.2 Å². The van der Waals surface area contributed by atoms with Crippen LogP contribution >= 0.6 is 23.4 Å². The molecule has 0 bridgehead atoms. The lowest BCUT2D eigenvalue weighted by Gasteiger charge is -2.14. The van der Waals surface area contributed by atoms with Gasteiger partial charge in [0.1, 0.15) is 0 Å². The Kier molecular flexibility index (Phi) is 5.59. The molecule has 0 unspecified atom stereocenters. The molecule has 0 aromatic heterocycles. The number of halogens is 4. The zero-order valence-corrected chi connectivity index (χ0v) is 13.6. The van der Waals surface area contributed by atoms with Crippen molar-refractivity contribution in [2.45, 2.75) is 23.2 Å². The molecule has 1 atom stereocenters. The molecule has 1 amide bonds. The van der Waals surface area contributed by atoms with E-state index in [4.69, 9.17) is 11.6 Å². The normalized spacial score (nSPS) is 12.7. The molecule has 0 saturated carbocycles. The fourth-order valence-electron chi connectivity index (χ4n) is 1.79. The first-order chi connectivity index (χ1) is 10.8. The van der Waals surface area contributed by atoms with Gasteiger partial charge in [0, 0.05) is 4.90 Å². The first kappa shape index (κ1) is 17.7. The third-order valence-electron chi connectivity index (χ3n) is 2.98. The Morgan fingerprint density at radius 1 is 1.17 bits per heavy atom. The lowest BCUT2D eigenvalue weighted by atomic mass is 10.2. The third-order valence-corrected chi connectivity index (χ3v) is 4.42. The van der Waals surface area contributed by atoms with Gasteiger partial charge in [0.2, 0.25) is 5.91 Å². The van der Waals surface area contributed by atoms with E-state index >= 15 is 0 Å². The molecule has 2 nitrogen and oxygen atoms in total. The Morgan fingerprint density at radius 2 is 1.83 bits per heavy atom. The summed E-state index contributed by atoms with van der Waals surface area (Å²) in [5, 5.41) is 2.03. The van der Waals surface area contributed by atoms with E-state index in [9.17, 15) is 18.0 Å². The molecular formula is C16H13ClF3NOS. The smallest absolute Gasteiger partial charge is 0.324 e. The van der Waals surface area contributed by atoms with Crippen LogP contribution in [0.1, 0.15) is 12.5 Å². The second-order valence-corrected chi connectivity index (χ2v) is 6.58. The van der Waals surface area contributed by atoms with Gasteiger partial charge in [-0.15, -0.1) is 11.8 Å². The molecule has 0 spiro atoms. The average Bonchev–Trinajstić information content (AvgIpc) is 2.49. The van der Waals surface area contributed by atoms with Gasteiger partial charge in [0.25, 0.3) is 0 Å². The first-order valence-corrected chi connectivity index (χ1v) is 7.92. The molecule has 2 rings (SSSR count). The van der Waals surface area contributed by atoms with E-state index in [1.54, 1.807) is 6.92 Å². The minimum Gasteiger partial charge on any atom is -0.324 e. The molecule has 0 aliphatic carbocycles.